The number of halogens is 9. The second kappa shape index (κ2) is 15.4. The maximum atomic E-state index is 15.0. The van der Waals surface area contributed by atoms with Gasteiger partial charge in [0.25, 0.3) is 0 Å². The first-order chi connectivity index (χ1) is 31.8. The number of rotatable bonds is 5. The second-order valence-electron chi connectivity index (χ2n) is 16.7. The van der Waals surface area contributed by atoms with Gasteiger partial charge in [0.05, 0.1) is 50.1 Å². The van der Waals surface area contributed by atoms with Crippen LogP contribution in [-0.2, 0) is 18.5 Å². The van der Waals surface area contributed by atoms with Crippen LogP contribution in [-0.4, -0.2) is 9.13 Å². The summed E-state index contributed by atoms with van der Waals surface area (Å²) in [5.74, 6) is 0. The van der Waals surface area contributed by atoms with Crippen molar-refractivity contribution in [2.45, 2.75) is 39.3 Å². The van der Waals surface area contributed by atoms with Crippen molar-refractivity contribution < 1.29 is 39.5 Å². The third-order valence-corrected chi connectivity index (χ3v) is 12.6. The van der Waals surface area contributed by atoms with E-state index in [9.17, 15) is 31.6 Å². The van der Waals surface area contributed by atoms with Gasteiger partial charge in [0.15, 0.2) is 0 Å². The molecule has 0 N–H and O–H groups in total. The van der Waals surface area contributed by atoms with Gasteiger partial charge in [0.2, 0.25) is 0 Å². The van der Waals surface area contributed by atoms with E-state index >= 15 is 13.2 Å². The number of benzene rings is 8. The second-order valence-corrected chi connectivity index (χ2v) is 16.7. The van der Waals surface area contributed by atoms with Crippen molar-refractivity contribution in [3.05, 3.63) is 191 Å². The molecule has 0 radical (unpaired) electrons. The van der Waals surface area contributed by atoms with E-state index in [-0.39, 0.29) is 39.7 Å². The topological polar surface area (TPSA) is 33.6 Å². The Morgan fingerprint density at radius 2 is 0.940 bits per heavy atom. The number of aryl methyl sites for hydroxylation is 3. The highest BCUT2D eigenvalue weighted by Crippen LogP contribution is 2.46. The van der Waals surface area contributed by atoms with Crippen LogP contribution in [0.25, 0.3) is 88.4 Å². The molecule has 0 bridgehead atoms. The molecule has 8 aromatic carbocycles. The van der Waals surface area contributed by atoms with E-state index < -0.39 is 40.8 Å². The molecule has 0 unspecified atom stereocenters. The standard InChI is InChI=1S/C55H34F9N3/c1-30-15-19-37(32(3)23-30)33-16-21-48-41(24-33)39-10-4-6-13-46(39)66(48)50-26-35(52-31(2)9-8-12-44(52)54(59,60)61)27-51(43(50)29-65)67-47-14-7-5-11-40(47)42-25-34(17-22-49(42)67)38-20-18-36(53(56,57)58)28-45(38)55(62,63)64/h4-28H,1-3H3. The zero-order valence-corrected chi connectivity index (χ0v) is 35.7. The molecule has 3 nitrogen and oxygen atoms in total. The van der Waals surface area contributed by atoms with E-state index in [4.69, 9.17) is 0 Å². The van der Waals surface area contributed by atoms with Crippen LogP contribution in [0.5, 0.6) is 0 Å². The average molecular weight is 908 g/mol. The summed E-state index contributed by atoms with van der Waals surface area (Å²) in [5.41, 5.74) is 2.96. The van der Waals surface area contributed by atoms with E-state index in [1.54, 1.807) is 47.9 Å². The molecule has 0 amide bonds. The number of aromatic nitrogens is 2. The predicted molar refractivity (Wildman–Crippen MR) is 245 cm³/mol. The Morgan fingerprint density at radius 3 is 1.46 bits per heavy atom. The zero-order chi connectivity index (χ0) is 47.3. The van der Waals surface area contributed by atoms with Crippen molar-refractivity contribution >= 4 is 43.6 Å². The minimum Gasteiger partial charge on any atom is -0.308 e. The molecule has 12 heteroatoms. The molecule has 0 saturated heterocycles. The summed E-state index contributed by atoms with van der Waals surface area (Å²) in [4.78, 5) is 0. The van der Waals surface area contributed by atoms with Crippen LogP contribution in [0.2, 0.25) is 0 Å². The number of hydrogen-bond acceptors (Lipinski definition) is 1. The van der Waals surface area contributed by atoms with Crippen molar-refractivity contribution in [1.29, 1.82) is 5.26 Å². The highest BCUT2D eigenvalue weighted by Gasteiger charge is 2.39. The summed E-state index contributed by atoms with van der Waals surface area (Å²) in [6.07, 6.45) is -14.9. The molecule has 0 aliphatic rings. The van der Waals surface area contributed by atoms with Gasteiger partial charge in [-0.2, -0.15) is 44.8 Å². The normalized spacial score (nSPS) is 12.5. The summed E-state index contributed by atoms with van der Waals surface area (Å²) < 4.78 is 133. The molecule has 0 saturated carbocycles. The van der Waals surface area contributed by atoms with Crippen LogP contribution in [0.3, 0.4) is 0 Å². The van der Waals surface area contributed by atoms with Crippen LogP contribution in [0, 0.1) is 32.1 Å². The van der Waals surface area contributed by atoms with Crippen LogP contribution >= 0.6 is 0 Å². The van der Waals surface area contributed by atoms with Gasteiger partial charge >= 0.3 is 18.5 Å². The predicted octanol–water partition coefficient (Wildman–Crippen LogP) is 16.7. The highest BCUT2D eigenvalue weighted by atomic mass is 19.4. The van der Waals surface area contributed by atoms with Gasteiger partial charge in [0, 0.05) is 21.5 Å². The quantitative estimate of drug-likeness (QED) is 0.158. The number of nitrogens with zero attached hydrogens (tertiary/aromatic N) is 3. The van der Waals surface area contributed by atoms with Gasteiger partial charge in [-0.1, -0.05) is 90.5 Å². The minimum atomic E-state index is -5.14. The Labute approximate surface area is 377 Å². The van der Waals surface area contributed by atoms with Crippen LogP contribution < -0.4 is 0 Å². The highest BCUT2D eigenvalue weighted by molar-refractivity contribution is 6.12. The third-order valence-electron chi connectivity index (χ3n) is 12.6. The van der Waals surface area contributed by atoms with Crippen LogP contribution in [0.4, 0.5) is 39.5 Å². The van der Waals surface area contributed by atoms with Crippen molar-refractivity contribution in [3.63, 3.8) is 0 Å². The van der Waals surface area contributed by atoms with Crippen LogP contribution in [0.15, 0.2) is 152 Å². The van der Waals surface area contributed by atoms with Crippen LogP contribution in [0.1, 0.15) is 38.9 Å². The summed E-state index contributed by atoms with van der Waals surface area (Å²) in [7, 11) is 0. The zero-order valence-electron chi connectivity index (χ0n) is 35.7. The lowest BCUT2D eigenvalue weighted by Crippen LogP contribution is -2.12. The first kappa shape index (κ1) is 43.1. The van der Waals surface area contributed by atoms with Gasteiger partial charge in [-0.05, 0) is 132 Å². The first-order valence-corrected chi connectivity index (χ1v) is 21.0. The van der Waals surface area contributed by atoms with Gasteiger partial charge in [0.1, 0.15) is 11.6 Å². The Kier molecular flexibility index (Phi) is 9.92. The van der Waals surface area contributed by atoms with Crippen molar-refractivity contribution in [2.75, 3.05) is 0 Å². The average Bonchev–Trinajstić information content (AvgIpc) is 3.79. The molecule has 10 aromatic rings. The summed E-state index contributed by atoms with van der Waals surface area (Å²) in [5, 5.41) is 13.9. The summed E-state index contributed by atoms with van der Waals surface area (Å²) >= 11 is 0. The third kappa shape index (κ3) is 7.17. The Bertz CT molecular complexity index is 3710. The smallest absolute Gasteiger partial charge is 0.308 e. The fourth-order valence-corrected chi connectivity index (χ4v) is 9.65. The summed E-state index contributed by atoms with van der Waals surface area (Å²) in [6, 6.07) is 41.8. The van der Waals surface area contributed by atoms with Gasteiger partial charge in [-0.25, -0.2) is 0 Å². The fourth-order valence-electron chi connectivity index (χ4n) is 9.65. The molecular formula is C55H34F9N3. The molecule has 0 spiro atoms. The lowest BCUT2D eigenvalue weighted by molar-refractivity contribution is -0.143. The Balaban J connectivity index is 1.30. The largest absolute Gasteiger partial charge is 0.417 e. The number of hydrogen-bond donors (Lipinski definition) is 0. The van der Waals surface area contributed by atoms with E-state index in [2.05, 4.69) is 24.3 Å². The number of alkyl halides is 9. The van der Waals surface area contributed by atoms with Crippen molar-refractivity contribution in [1.82, 2.24) is 9.13 Å². The molecular weight excluding hydrogens is 874 g/mol. The molecule has 2 aromatic heterocycles. The SMILES string of the molecule is Cc1ccc(-c2ccc3c(c2)c2ccccc2n3-c2cc(-c3c(C)cccc3C(F)(F)F)cc(-n3c4ccccc4c4cc(-c5ccc(C(F)(F)F)cc5C(F)(F)F)ccc43)c2C#N)c(C)c1. The molecule has 0 aliphatic carbocycles. The maximum Gasteiger partial charge on any atom is 0.417 e. The molecule has 0 atom stereocenters. The molecule has 0 aliphatic heterocycles. The van der Waals surface area contributed by atoms with Gasteiger partial charge in [-0.15, -0.1) is 0 Å². The minimum absolute atomic E-state index is 0.0217. The molecule has 2 heterocycles. The van der Waals surface area contributed by atoms with Gasteiger partial charge in [-0.3, -0.25) is 0 Å². The van der Waals surface area contributed by atoms with E-state index in [0.717, 1.165) is 45.2 Å². The first-order valence-electron chi connectivity index (χ1n) is 21.0. The molecule has 332 valence electrons. The van der Waals surface area contributed by atoms with E-state index in [1.165, 1.54) is 30.3 Å². The van der Waals surface area contributed by atoms with E-state index in [0.29, 0.717) is 44.5 Å². The number of nitriles is 1. The van der Waals surface area contributed by atoms with E-state index in [1.807, 2.05) is 60.9 Å². The molecule has 67 heavy (non-hydrogen) atoms. The fraction of sp³-hybridized carbons (Fsp3) is 0.109. The maximum absolute atomic E-state index is 15.0. The lowest BCUT2D eigenvalue weighted by atomic mass is 9.92. The number of fused-ring (bicyclic) bond motifs is 6. The summed E-state index contributed by atoms with van der Waals surface area (Å²) in [6.45, 7) is 5.63. The number of para-hydroxylation sites is 2. The Morgan fingerprint density at radius 1 is 0.418 bits per heavy atom. The monoisotopic (exact) mass is 907 g/mol. The van der Waals surface area contributed by atoms with Crippen molar-refractivity contribution in [3.8, 4) is 50.8 Å². The molecule has 0 fully saturated rings. The Hall–Kier alpha value is -7.78. The molecule has 10 rings (SSSR count). The van der Waals surface area contributed by atoms with Crippen molar-refractivity contribution in [2.24, 2.45) is 0 Å². The lowest BCUT2D eigenvalue weighted by Gasteiger charge is -2.21. The van der Waals surface area contributed by atoms with Gasteiger partial charge < -0.3 is 9.13 Å².